The Morgan fingerprint density at radius 2 is 0.794 bits per heavy atom. The number of rotatable bonds is 50. The van der Waals surface area contributed by atoms with Crippen molar-refractivity contribution in [3.63, 3.8) is 0 Å². The zero-order valence-corrected chi connectivity index (χ0v) is 41.8. The van der Waals surface area contributed by atoms with Crippen LogP contribution < -0.4 is 5.32 Å². The first-order chi connectivity index (χ1) is 31.0. The summed E-state index contributed by atoms with van der Waals surface area (Å²) in [6.45, 7) is 4.83. The summed E-state index contributed by atoms with van der Waals surface area (Å²) in [6.07, 6.45) is 65.5. The SMILES string of the molecule is CCCCC/C=C\CCCCCCCC(=O)OCCCCC/C=C\C/C=C\CCCCCCCCCC(=O)NC(CO)C(O)/C=C/CCCCCCCCCCCCCCCCC. The first kappa shape index (κ1) is 60.8. The van der Waals surface area contributed by atoms with Gasteiger partial charge in [0.2, 0.25) is 5.91 Å². The predicted octanol–water partition coefficient (Wildman–Crippen LogP) is 16.6. The molecule has 368 valence electrons. The van der Waals surface area contributed by atoms with Gasteiger partial charge in [-0.2, -0.15) is 0 Å². The Kier molecular flexibility index (Phi) is 50.6. The van der Waals surface area contributed by atoms with Crippen LogP contribution in [0.2, 0.25) is 0 Å². The van der Waals surface area contributed by atoms with Crippen molar-refractivity contribution in [2.24, 2.45) is 0 Å². The number of nitrogens with one attached hydrogen (secondary N) is 1. The summed E-state index contributed by atoms with van der Waals surface area (Å²) in [5, 5.41) is 23.1. The van der Waals surface area contributed by atoms with Crippen molar-refractivity contribution in [1.29, 1.82) is 0 Å². The van der Waals surface area contributed by atoms with E-state index in [1.807, 2.05) is 6.08 Å². The second-order valence-corrected chi connectivity index (χ2v) is 18.5. The van der Waals surface area contributed by atoms with Crippen LogP contribution in [0.25, 0.3) is 0 Å². The van der Waals surface area contributed by atoms with Crippen LogP contribution in [0.3, 0.4) is 0 Å². The van der Waals surface area contributed by atoms with Gasteiger partial charge in [0, 0.05) is 12.8 Å². The number of carbonyl (C=O) groups is 2. The summed E-state index contributed by atoms with van der Waals surface area (Å²) in [5.74, 6) is -0.111. The molecular formula is C57H105NO5. The van der Waals surface area contributed by atoms with Gasteiger partial charge in [-0.05, 0) is 96.3 Å². The molecule has 3 N–H and O–H groups in total. The zero-order chi connectivity index (χ0) is 45.8. The van der Waals surface area contributed by atoms with Crippen molar-refractivity contribution in [2.75, 3.05) is 13.2 Å². The molecular weight excluding hydrogens is 779 g/mol. The molecule has 2 unspecified atom stereocenters. The molecule has 0 fully saturated rings. The molecule has 6 heteroatoms. The number of carbonyl (C=O) groups excluding carboxylic acids is 2. The molecule has 2 atom stereocenters. The van der Waals surface area contributed by atoms with E-state index in [1.54, 1.807) is 6.08 Å². The Balaban J connectivity index is 3.55. The number of unbranched alkanes of at least 4 members (excludes halogenated alkanes) is 33. The fraction of sp³-hybridized carbons (Fsp3) is 0.825. The van der Waals surface area contributed by atoms with Gasteiger partial charge in [0.15, 0.2) is 0 Å². The van der Waals surface area contributed by atoms with Gasteiger partial charge in [-0.3, -0.25) is 9.59 Å². The minimum atomic E-state index is -0.856. The van der Waals surface area contributed by atoms with Crippen molar-refractivity contribution < 1.29 is 24.5 Å². The van der Waals surface area contributed by atoms with E-state index in [4.69, 9.17) is 4.74 Å². The highest BCUT2D eigenvalue weighted by Gasteiger charge is 2.18. The maximum absolute atomic E-state index is 12.4. The lowest BCUT2D eigenvalue weighted by Gasteiger charge is -2.20. The van der Waals surface area contributed by atoms with E-state index in [0.29, 0.717) is 19.4 Å². The van der Waals surface area contributed by atoms with Crippen LogP contribution in [0.1, 0.15) is 277 Å². The van der Waals surface area contributed by atoms with E-state index < -0.39 is 12.1 Å². The van der Waals surface area contributed by atoms with Crippen LogP contribution in [-0.2, 0) is 14.3 Å². The zero-order valence-electron chi connectivity index (χ0n) is 41.8. The summed E-state index contributed by atoms with van der Waals surface area (Å²) < 4.78 is 5.43. The molecule has 0 bridgehead atoms. The van der Waals surface area contributed by atoms with Crippen molar-refractivity contribution >= 4 is 11.9 Å². The monoisotopic (exact) mass is 884 g/mol. The highest BCUT2D eigenvalue weighted by molar-refractivity contribution is 5.76. The van der Waals surface area contributed by atoms with Gasteiger partial charge in [0.25, 0.3) is 0 Å². The van der Waals surface area contributed by atoms with E-state index in [0.717, 1.165) is 83.5 Å². The van der Waals surface area contributed by atoms with Gasteiger partial charge in [-0.25, -0.2) is 0 Å². The Labute approximate surface area is 391 Å². The van der Waals surface area contributed by atoms with E-state index in [2.05, 4.69) is 55.6 Å². The predicted molar refractivity (Wildman–Crippen MR) is 273 cm³/mol. The van der Waals surface area contributed by atoms with Crippen LogP contribution in [0, 0.1) is 0 Å². The van der Waals surface area contributed by atoms with Crippen LogP contribution in [0.4, 0.5) is 0 Å². The van der Waals surface area contributed by atoms with Crippen LogP contribution in [0.15, 0.2) is 48.6 Å². The minimum Gasteiger partial charge on any atom is -0.466 e. The van der Waals surface area contributed by atoms with Crippen molar-refractivity contribution in [3.05, 3.63) is 48.6 Å². The van der Waals surface area contributed by atoms with E-state index in [1.165, 1.54) is 167 Å². The van der Waals surface area contributed by atoms with Gasteiger partial charge in [0.05, 0.1) is 25.4 Å². The maximum Gasteiger partial charge on any atom is 0.305 e. The second-order valence-electron chi connectivity index (χ2n) is 18.5. The third-order valence-corrected chi connectivity index (χ3v) is 12.3. The number of hydrogen-bond donors (Lipinski definition) is 3. The molecule has 0 heterocycles. The highest BCUT2D eigenvalue weighted by atomic mass is 16.5. The van der Waals surface area contributed by atoms with Crippen molar-refractivity contribution in [2.45, 2.75) is 289 Å². The molecule has 0 aliphatic carbocycles. The molecule has 0 aromatic rings. The molecule has 0 aliphatic rings. The largest absolute Gasteiger partial charge is 0.466 e. The topological polar surface area (TPSA) is 95.9 Å². The van der Waals surface area contributed by atoms with Crippen LogP contribution in [0.5, 0.6) is 0 Å². The molecule has 0 radical (unpaired) electrons. The quantitative estimate of drug-likeness (QED) is 0.0321. The van der Waals surface area contributed by atoms with Crippen molar-refractivity contribution in [1.82, 2.24) is 5.32 Å². The Bertz CT molecular complexity index is 1070. The lowest BCUT2D eigenvalue weighted by atomic mass is 10.0. The van der Waals surface area contributed by atoms with Crippen LogP contribution >= 0.6 is 0 Å². The Morgan fingerprint density at radius 1 is 0.444 bits per heavy atom. The van der Waals surface area contributed by atoms with Crippen molar-refractivity contribution in [3.8, 4) is 0 Å². The standard InChI is InChI=1S/C57H105NO5/c1-3-5-7-9-11-13-15-17-18-20-23-26-29-33-37-41-45-49-55(60)54(53-59)58-56(61)50-46-42-38-34-30-27-24-21-19-22-25-28-32-36-40-44-48-52-63-57(62)51-47-43-39-35-31-16-14-12-10-8-6-4-2/h12,14,19,22,28,32,45,49,54-55,59-60H,3-11,13,15-18,20-21,23-27,29-31,33-44,46-48,50-53H2,1-2H3,(H,58,61)/b14-12-,22-19-,32-28-,49-45+. The molecule has 6 nitrogen and oxygen atoms in total. The minimum absolute atomic E-state index is 0.0272. The maximum atomic E-state index is 12.4. The van der Waals surface area contributed by atoms with Gasteiger partial charge in [0.1, 0.15) is 0 Å². The average Bonchev–Trinajstić information content (AvgIpc) is 3.28. The lowest BCUT2D eigenvalue weighted by Crippen LogP contribution is -2.45. The normalized spacial score (nSPS) is 13.0. The fourth-order valence-electron chi connectivity index (χ4n) is 8.07. The Hall–Kier alpha value is -2.18. The molecule has 0 spiro atoms. The molecule has 0 saturated heterocycles. The highest BCUT2D eigenvalue weighted by Crippen LogP contribution is 2.15. The molecule has 63 heavy (non-hydrogen) atoms. The van der Waals surface area contributed by atoms with Gasteiger partial charge in [-0.1, -0.05) is 217 Å². The average molecular weight is 884 g/mol. The van der Waals surface area contributed by atoms with Gasteiger partial charge in [-0.15, -0.1) is 0 Å². The summed E-state index contributed by atoms with van der Waals surface area (Å²) in [7, 11) is 0. The number of amides is 1. The molecule has 0 saturated carbocycles. The number of ether oxygens (including phenoxy) is 1. The third-order valence-electron chi connectivity index (χ3n) is 12.3. The first-order valence-electron chi connectivity index (χ1n) is 27.4. The smallest absolute Gasteiger partial charge is 0.305 e. The number of aliphatic hydroxyl groups excluding tert-OH is 2. The molecule has 0 aliphatic heterocycles. The second kappa shape index (κ2) is 52.4. The molecule has 0 rings (SSSR count). The van der Waals surface area contributed by atoms with E-state index in [9.17, 15) is 19.8 Å². The first-order valence-corrected chi connectivity index (χ1v) is 27.4. The third kappa shape index (κ3) is 49.1. The van der Waals surface area contributed by atoms with E-state index in [-0.39, 0.29) is 18.5 Å². The number of esters is 1. The number of aliphatic hydroxyl groups is 2. The summed E-state index contributed by atoms with van der Waals surface area (Å²) in [4.78, 5) is 24.4. The lowest BCUT2D eigenvalue weighted by molar-refractivity contribution is -0.143. The van der Waals surface area contributed by atoms with Gasteiger partial charge < -0.3 is 20.3 Å². The summed E-state index contributed by atoms with van der Waals surface area (Å²) in [5.41, 5.74) is 0. The number of hydrogen-bond acceptors (Lipinski definition) is 5. The summed E-state index contributed by atoms with van der Waals surface area (Å²) in [6, 6.07) is -0.641. The van der Waals surface area contributed by atoms with Gasteiger partial charge >= 0.3 is 5.97 Å². The fourth-order valence-corrected chi connectivity index (χ4v) is 8.07. The Morgan fingerprint density at radius 3 is 1.25 bits per heavy atom. The molecule has 1 amide bonds. The molecule has 0 aromatic carbocycles. The summed E-state index contributed by atoms with van der Waals surface area (Å²) >= 11 is 0. The van der Waals surface area contributed by atoms with E-state index >= 15 is 0 Å². The van der Waals surface area contributed by atoms with Crippen LogP contribution in [-0.4, -0.2) is 47.4 Å². The number of allylic oxidation sites excluding steroid dienone is 7. The molecule has 0 aromatic heterocycles.